The van der Waals surface area contributed by atoms with Crippen LogP contribution in [0.4, 0.5) is 0 Å². The van der Waals surface area contributed by atoms with E-state index in [-0.39, 0.29) is 14.4 Å². The molecule has 0 saturated carbocycles. The van der Waals surface area contributed by atoms with Gasteiger partial charge < -0.3 is 0 Å². The highest BCUT2D eigenvalue weighted by Crippen LogP contribution is 2.53. The molecule has 1 aliphatic heterocycles. The van der Waals surface area contributed by atoms with Gasteiger partial charge in [-0.05, 0) is 11.2 Å². The third-order valence-electron chi connectivity index (χ3n) is 0.422. The fourth-order valence-electron chi connectivity index (χ4n) is 0.193. The second-order valence-corrected chi connectivity index (χ2v) is 12.4. The summed E-state index contributed by atoms with van der Waals surface area (Å²) in [7, 11) is 2.11. The largest absolute Gasteiger partial charge is 0.0876 e. The van der Waals surface area contributed by atoms with E-state index in [9.17, 15) is 0 Å². The average Bonchev–Trinajstić information content (AvgIpc) is 1.33. The van der Waals surface area contributed by atoms with E-state index in [1.807, 2.05) is 10.4 Å². The molecule has 2 unspecified atom stereocenters. The molecular formula is CH3PS4. The molecule has 1 fully saturated rings. The van der Waals surface area contributed by atoms with Crippen LogP contribution in [0.25, 0.3) is 0 Å². The maximum absolute atomic E-state index is 4.95. The number of rotatable bonds is 0. The fourth-order valence-corrected chi connectivity index (χ4v) is 14.7. The van der Waals surface area contributed by atoms with Gasteiger partial charge in [0.05, 0.1) is 0 Å². The lowest BCUT2D eigenvalue weighted by Crippen LogP contribution is -1.89. The molecule has 1 rings (SSSR count). The van der Waals surface area contributed by atoms with E-state index < -0.39 is 0 Å². The molecule has 0 nitrogen and oxygen atoms in total. The van der Waals surface area contributed by atoms with Gasteiger partial charge >= 0.3 is 0 Å². The first-order chi connectivity index (χ1) is 2.79. The van der Waals surface area contributed by atoms with Crippen molar-refractivity contribution in [2.75, 3.05) is 5.49 Å². The van der Waals surface area contributed by atoms with Crippen LogP contribution in [0.15, 0.2) is 0 Å². The van der Waals surface area contributed by atoms with Crippen LogP contribution in [0.3, 0.4) is 0 Å². The van der Waals surface area contributed by atoms with E-state index in [1.54, 1.807) is 0 Å². The highest BCUT2D eigenvalue weighted by molar-refractivity contribution is 9.10. The summed E-state index contributed by atoms with van der Waals surface area (Å²) in [5.74, 6) is -0.334. The van der Waals surface area contributed by atoms with Crippen LogP contribution < -0.4 is 0 Å². The molecule has 1 heterocycles. The van der Waals surface area contributed by atoms with Crippen LogP contribution >= 0.6 is 16.3 Å². The van der Waals surface area contributed by atoms with E-state index >= 15 is 0 Å². The van der Waals surface area contributed by atoms with Crippen molar-refractivity contribution in [3.05, 3.63) is 0 Å². The van der Waals surface area contributed by atoms with Crippen molar-refractivity contribution in [2.24, 2.45) is 0 Å². The zero-order valence-corrected chi connectivity index (χ0v) is 7.11. The monoisotopic (exact) mass is 174 g/mol. The molecule has 0 N–H and O–H groups in total. The Bertz CT molecular complexity index is 84.1. The first-order valence-corrected chi connectivity index (χ1v) is 8.60. The third-order valence-corrected chi connectivity index (χ3v) is 15.1. The Labute approximate surface area is 53.2 Å². The van der Waals surface area contributed by atoms with Crippen LogP contribution in [0.1, 0.15) is 0 Å². The van der Waals surface area contributed by atoms with Crippen LogP contribution in [-0.2, 0) is 31.5 Å². The van der Waals surface area contributed by atoms with Crippen molar-refractivity contribution in [1.82, 2.24) is 0 Å². The number of hydrogen-bond acceptors (Lipinski definition) is 3. The van der Waals surface area contributed by atoms with Gasteiger partial charge in [-0.1, -0.05) is 30.7 Å². The van der Waals surface area contributed by atoms with Crippen molar-refractivity contribution in [3.8, 4) is 0 Å². The topological polar surface area (TPSA) is 0 Å². The van der Waals surface area contributed by atoms with E-state index in [4.69, 9.17) is 23.0 Å². The minimum atomic E-state index is -0.334. The van der Waals surface area contributed by atoms with Gasteiger partial charge in [0.2, 0.25) is 0 Å². The van der Waals surface area contributed by atoms with Crippen molar-refractivity contribution in [3.63, 3.8) is 0 Å². The molecule has 0 amide bonds. The lowest BCUT2D eigenvalue weighted by molar-refractivity contribution is 2.29. The summed E-state index contributed by atoms with van der Waals surface area (Å²) in [6, 6.07) is 0. The van der Waals surface area contributed by atoms with Crippen LogP contribution in [0, 0.1) is 0 Å². The molecule has 2 atom stereocenters. The molecule has 0 bridgehead atoms. The highest BCUT2D eigenvalue weighted by atomic mass is 33.5. The van der Waals surface area contributed by atoms with Gasteiger partial charge in [0.15, 0.2) is 0 Å². The van der Waals surface area contributed by atoms with Crippen molar-refractivity contribution in [2.45, 2.75) is 0 Å². The summed E-state index contributed by atoms with van der Waals surface area (Å²) >= 11 is 9.84. The summed E-state index contributed by atoms with van der Waals surface area (Å²) in [6.45, 7) is 0. The lowest BCUT2D eigenvalue weighted by atomic mass is 11.9. The summed E-state index contributed by atoms with van der Waals surface area (Å²) in [5.41, 5.74) is 1.19. The SMILES string of the molecule is S=[PH]1CS(=S)S1. The molecule has 1 saturated heterocycles. The van der Waals surface area contributed by atoms with Gasteiger partial charge in [0.25, 0.3) is 0 Å². The van der Waals surface area contributed by atoms with Gasteiger partial charge in [0.1, 0.15) is 0 Å². The van der Waals surface area contributed by atoms with Crippen LogP contribution in [-0.4, -0.2) is 5.49 Å². The lowest BCUT2D eigenvalue weighted by Gasteiger charge is -2.14. The van der Waals surface area contributed by atoms with E-state index in [0.717, 1.165) is 0 Å². The Hall–Kier alpha value is 1.57. The maximum Gasteiger partial charge on any atom is 0.0443 e. The Morgan fingerprint density at radius 2 is 2.33 bits per heavy atom. The molecule has 0 spiro atoms. The predicted molar refractivity (Wildman–Crippen MR) is 42.9 cm³/mol. The van der Waals surface area contributed by atoms with Crippen LogP contribution in [0.2, 0.25) is 0 Å². The average molecular weight is 174 g/mol. The smallest absolute Gasteiger partial charge is 0.0443 e. The van der Waals surface area contributed by atoms with Gasteiger partial charge in [-0.3, -0.25) is 0 Å². The molecule has 0 radical (unpaired) electrons. The second kappa shape index (κ2) is 2.23. The zero-order valence-electron chi connectivity index (χ0n) is 2.84. The van der Waals surface area contributed by atoms with Gasteiger partial charge in [-0.2, -0.15) is 0 Å². The molecule has 6 heavy (non-hydrogen) atoms. The molecule has 0 aromatic rings. The van der Waals surface area contributed by atoms with E-state index in [1.165, 1.54) is 5.49 Å². The summed E-state index contributed by atoms with van der Waals surface area (Å²) in [5, 5.41) is 0. The van der Waals surface area contributed by atoms with Crippen molar-refractivity contribution >= 4 is 47.8 Å². The third kappa shape index (κ3) is 1.27. The first-order valence-electron chi connectivity index (χ1n) is 1.38. The molecule has 0 aromatic heterocycles. The predicted octanol–water partition coefficient (Wildman–Crippen LogP) is 1.28. The van der Waals surface area contributed by atoms with Gasteiger partial charge in [-0.25, -0.2) is 0 Å². The Morgan fingerprint density at radius 3 is 2.33 bits per heavy atom. The minimum Gasteiger partial charge on any atom is -0.0876 e. The normalized spacial score (nSPS) is 44.7. The zero-order chi connectivity index (χ0) is 4.57. The van der Waals surface area contributed by atoms with Crippen molar-refractivity contribution in [1.29, 1.82) is 0 Å². The van der Waals surface area contributed by atoms with Gasteiger partial charge in [-0.15, -0.1) is 0 Å². The standard InChI is InChI=1S/CH3PS4/c3-2-1-6(4)5-2/h2H,1H2. The summed E-state index contributed by atoms with van der Waals surface area (Å²) < 4.78 is 0. The molecule has 36 valence electrons. The highest BCUT2D eigenvalue weighted by Gasteiger charge is 2.11. The summed E-state index contributed by atoms with van der Waals surface area (Å²) in [4.78, 5) is 0. The molecule has 1 aliphatic rings. The molecule has 0 aromatic carbocycles. The Kier molecular flexibility index (Phi) is 2.12. The maximum atomic E-state index is 4.95. The number of hydrogen-bond donors (Lipinski definition) is 0. The Morgan fingerprint density at radius 1 is 1.83 bits per heavy atom. The Balaban J connectivity index is 2.47. The van der Waals surface area contributed by atoms with Gasteiger partial charge in [0, 0.05) is 11.4 Å². The quantitative estimate of drug-likeness (QED) is 0.401. The molecular weight excluding hydrogens is 171 g/mol. The fraction of sp³-hybridized carbons (Fsp3) is 1.00. The minimum absolute atomic E-state index is 0.269. The van der Waals surface area contributed by atoms with E-state index in [0.29, 0.717) is 0 Å². The second-order valence-electron chi connectivity index (χ2n) is 0.903. The van der Waals surface area contributed by atoms with E-state index in [2.05, 4.69) is 0 Å². The first kappa shape index (κ1) is 5.70. The molecule has 0 aliphatic carbocycles. The summed E-state index contributed by atoms with van der Waals surface area (Å²) in [6.07, 6.45) is 0. The van der Waals surface area contributed by atoms with Crippen LogP contribution in [0.5, 0.6) is 0 Å². The van der Waals surface area contributed by atoms with Crippen molar-refractivity contribution < 1.29 is 0 Å². The molecule has 5 heteroatoms.